The third-order valence-electron chi connectivity index (χ3n) is 2.62. The van der Waals surface area contributed by atoms with Crippen molar-refractivity contribution in [1.82, 2.24) is 0 Å². The fourth-order valence-electron chi connectivity index (χ4n) is 1.64. The Morgan fingerprint density at radius 2 is 2.21 bits per heavy atom. The average molecular weight is 277 g/mol. The lowest BCUT2D eigenvalue weighted by atomic mass is 10.2. The summed E-state index contributed by atoms with van der Waals surface area (Å²) in [6.07, 6.45) is 0.843. The van der Waals surface area contributed by atoms with Gasteiger partial charge >= 0.3 is 5.97 Å². The molecule has 2 N–H and O–H groups in total. The predicted octanol–water partition coefficient (Wildman–Crippen LogP) is 2.74. The molecule has 19 heavy (non-hydrogen) atoms. The highest BCUT2D eigenvalue weighted by molar-refractivity contribution is 7.09. The molecule has 0 unspecified atom stereocenters. The molecule has 0 spiro atoms. The van der Waals surface area contributed by atoms with Gasteiger partial charge in [-0.1, -0.05) is 6.07 Å². The van der Waals surface area contributed by atoms with Crippen LogP contribution in [-0.2, 0) is 11.2 Å². The summed E-state index contributed by atoms with van der Waals surface area (Å²) in [6, 6.07) is 8.97. The number of nitrogen functional groups attached to an aromatic ring is 1. The van der Waals surface area contributed by atoms with Crippen molar-refractivity contribution in [3.8, 4) is 5.75 Å². The zero-order valence-corrected chi connectivity index (χ0v) is 11.4. The second-order valence-corrected chi connectivity index (χ2v) is 4.95. The summed E-state index contributed by atoms with van der Waals surface area (Å²) in [7, 11) is 1.34. The van der Waals surface area contributed by atoms with Crippen LogP contribution < -0.4 is 10.5 Å². The molecule has 0 bridgehead atoms. The zero-order chi connectivity index (χ0) is 13.7. The van der Waals surface area contributed by atoms with Crippen LogP contribution in [-0.4, -0.2) is 19.7 Å². The van der Waals surface area contributed by atoms with Crippen molar-refractivity contribution in [3.63, 3.8) is 0 Å². The molecule has 0 aliphatic heterocycles. The van der Waals surface area contributed by atoms with Gasteiger partial charge in [-0.2, -0.15) is 0 Å². The standard InChI is InChI=1S/C14H15NO3S/c1-17-14(16)10-4-5-13(12(15)9-10)18-7-6-11-3-2-8-19-11/h2-5,8-9H,6-7,15H2,1H3. The van der Waals surface area contributed by atoms with E-state index < -0.39 is 5.97 Å². The van der Waals surface area contributed by atoms with Crippen LogP contribution in [0.5, 0.6) is 5.75 Å². The first-order valence-corrected chi connectivity index (χ1v) is 6.71. The number of methoxy groups -OCH3 is 1. The van der Waals surface area contributed by atoms with E-state index in [1.807, 2.05) is 11.4 Å². The number of ether oxygens (including phenoxy) is 2. The van der Waals surface area contributed by atoms with E-state index in [0.717, 1.165) is 6.42 Å². The summed E-state index contributed by atoms with van der Waals surface area (Å²) in [5.74, 6) is 0.182. The Kier molecular flexibility index (Phi) is 4.41. The van der Waals surface area contributed by atoms with Gasteiger partial charge in [0.25, 0.3) is 0 Å². The molecule has 100 valence electrons. The normalized spacial score (nSPS) is 10.2. The number of nitrogens with two attached hydrogens (primary N) is 1. The Hall–Kier alpha value is -2.01. The minimum absolute atomic E-state index is 0.406. The molecule has 0 aliphatic carbocycles. The molecule has 0 aliphatic rings. The third-order valence-corrected chi connectivity index (χ3v) is 3.55. The summed E-state index contributed by atoms with van der Waals surface area (Å²) in [5, 5.41) is 2.04. The van der Waals surface area contributed by atoms with Crippen LogP contribution in [0.2, 0.25) is 0 Å². The molecule has 0 radical (unpaired) electrons. The van der Waals surface area contributed by atoms with Crippen LogP contribution in [0, 0.1) is 0 Å². The summed E-state index contributed by atoms with van der Waals surface area (Å²) in [5.41, 5.74) is 6.70. The van der Waals surface area contributed by atoms with E-state index in [9.17, 15) is 4.79 Å². The number of thiophene rings is 1. The molecule has 0 amide bonds. The zero-order valence-electron chi connectivity index (χ0n) is 10.6. The lowest BCUT2D eigenvalue weighted by Crippen LogP contribution is -2.05. The van der Waals surface area contributed by atoms with Gasteiger partial charge < -0.3 is 15.2 Å². The molecule has 1 heterocycles. The van der Waals surface area contributed by atoms with Crippen molar-refractivity contribution in [3.05, 3.63) is 46.2 Å². The average Bonchev–Trinajstić information content (AvgIpc) is 2.93. The van der Waals surface area contributed by atoms with Crippen molar-refractivity contribution >= 4 is 23.0 Å². The fraction of sp³-hybridized carbons (Fsp3) is 0.214. The summed E-state index contributed by atoms with van der Waals surface area (Å²) >= 11 is 1.70. The van der Waals surface area contributed by atoms with E-state index in [1.165, 1.54) is 12.0 Å². The number of esters is 1. The van der Waals surface area contributed by atoms with Gasteiger partial charge in [-0.15, -0.1) is 11.3 Å². The topological polar surface area (TPSA) is 61.5 Å². The van der Waals surface area contributed by atoms with E-state index in [4.69, 9.17) is 10.5 Å². The van der Waals surface area contributed by atoms with Crippen molar-refractivity contribution in [2.45, 2.75) is 6.42 Å². The van der Waals surface area contributed by atoms with Gasteiger partial charge in [0.15, 0.2) is 0 Å². The molecule has 0 saturated carbocycles. The van der Waals surface area contributed by atoms with Crippen molar-refractivity contribution in [2.75, 3.05) is 19.5 Å². The van der Waals surface area contributed by atoms with E-state index in [0.29, 0.717) is 23.6 Å². The van der Waals surface area contributed by atoms with Gasteiger partial charge in [0.1, 0.15) is 5.75 Å². The van der Waals surface area contributed by atoms with E-state index in [-0.39, 0.29) is 0 Å². The Bertz CT molecular complexity index is 552. The first-order valence-electron chi connectivity index (χ1n) is 5.83. The lowest BCUT2D eigenvalue weighted by molar-refractivity contribution is 0.0601. The van der Waals surface area contributed by atoms with Crippen LogP contribution in [0.4, 0.5) is 5.69 Å². The lowest BCUT2D eigenvalue weighted by Gasteiger charge is -2.09. The first-order chi connectivity index (χ1) is 9.20. The van der Waals surface area contributed by atoms with Gasteiger partial charge in [0.05, 0.1) is 25.0 Å². The summed E-state index contributed by atoms with van der Waals surface area (Å²) < 4.78 is 10.2. The molecule has 0 atom stereocenters. The molecule has 2 rings (SSSR count). The van der Waals surface area contributed by atoms with E-state index in [2.05, 4.69) is 10.8 Å². The van der Waals surface area contributed by atoms with Gasteiger partial charge in [-0.3, -0.25) is 0 Å². The first kappa shape index (κ1) is 13.4. The van der Waals surface area contributed by atoms with Gasteiger partial charge in [-0.05, 0) is 29.6 Å². The fourth-order valence-corrected chi connectivity index (χ4v) is 2.33. The maximum Gasteiger partial charge on any atom is 0.337 e. The number of carbonyl (C=O) groups is 1. The maximum absolute atomic E-state index is 11.3. The molecule has 0 saturated heterocycles. The van der Waals surface area contributed by atoms with E-state index in [1.54, 1.807) is 29.5 Å². The van der Waals surface area contributed by atoms with Gasteiger partial charge in [-0.25, -0.2) is 4.79 Å². The Morgan fingerprint density at radius 3 is 2.84 bits per heavy atom. The van der Waals surface area contributed by atoms with Crippen LogP contribution in [0.15, 0.2) is 35.7 Å². The number of carbonyl (C=O) groups excluding carboxylic acids is 1. The molecule has 1 aromatic heterocycles. The molecule has 4 nitrogen and oxygen atoms in total. The minimum Gasteiger partial charge on any atom is -0.491 e. The minimum atomic E-state index is -0.406. The monoisotopic (exact) mass is 277 g/mol. The highest BCUT2D eigenvalue weighted by atomic mass is 32.1. The second-order valence-electron chi connectivity index (χ2n) is 3.92. The number of anilines is 1. The van der Waals surface area contributed by atoms with Gasteiger partial charge in [0, 0.05) is 11.3 Å². The SMILES string of the molecule is COC(=O)c1ccc(OCCc2cccs2)c(N)c1. The summed E-state index contributed by atoms with van der Waals surface area (Å²) in [4.78, 5) is 12.6. The maximum atomic E-state index is 11.3. The van der Waals surface area contributed by atoms with Crippen LogP contribution in [0.3, 0.4) is 0 Å². The Morgan fingerprint density at radius 1 is 1.37 bits per heavy atom. The smallest absolute Gasteiger partial charge is 0.337 e. The van der Waals surface area contributed by atoms with Crippen molar-refractivity contribution in [1.29, 1.82) is 0 Å². The molecule has 2 aromatic rings. The van der Waals surface area contributed by atoms with E-state index >= 15 is 0 Å². The molecule has 1 aromatic carbocycles. The number of hydrogen-bond donors (Lipinski definition) is 1. The highest BCUT2D eigenvalue weighted by Crippen LogP contribution is 2.23. The van der Waals surface area contributed by atoms with Crippen molar-refractivity contribution in [2.24, 2.45) is 0 Å². The molecular weight excluding hydrogens is 262 g/mol. The molecule has 0 fully saturated rings. The Labute approximate surface area is 115 Å². The highest BCUT2D eigenvalue weighted by Gasteiger charge is 2.08. The number of benzene rings is 1. The van der Waals surface area contributed by atoms with Gasteiger partial charge in [0.2, 0.25) is 0 Å². The van der Waals surface area contributed by atoms with Crippen LogP contribution in [0.1, 0.15) is 15.2 Å². The molecular formula is C14H15NO3S. The Balaban J connectivity index is 1.95. The number of hydrogen-bond acceptors (Lipinski definition) is 5. The quantitative estimate of drug-likeness (QED) is 0.674. The van der Waals surface area contributed by atoms with Crippen LogP contribution in [0.25, 0.3) is 0 Å². The predicted molar refractivity (Wildman–Crippen MR) is 75.7 cm³/mol. The van der Waals surface area contributed by atoms with Crippen molar-refractivity contribution < 1.29 is 14.3 Å². The number of rotatable bonds is 5. The second kappa shape index (κ2) is 6.24. The van der Waals surface area contributed by atoms with Crippen LogP contribution >= 0.6 is 11.3 Å². The summed E-state index contributed by atoms with van der Waals surface area (Å²) in [6.45, 7) is 0.558. The largest absolute Gasteiger partial charge is 0.491 e. The molecule has 5 heteroatoms. The third kappa shape index (κ3) is 3.48.